The van der Waals surface area contributed by atoms with E-state index in [0.29, 0.717) is 36.1 Å². The second-order valence-electron chi connectivity index (χ2n) is 5.05. The number of carbonyl (C=O) groups excluding carboxylic acids is 1. The van der Waals surface area contributed by atoms with Crippen molar-refractivity contribution in [3.8, 4) is 11.5 Å². The van der Waals surface area contributed by atoms with Crippen molar-refractivity contribution in [1.82, 2.24) is 0 Å². The van der Waals surface area contributed by atoms with Gasteiger partial charge in [-0.05, 0) is 18.2 Å². The van der Waals surface area contributed by atoms with E-state index < -0.39 is 10.8 Å². The van der Waals surface area contributed by atoms with Gasteiger partial charge >= 0.3 is 0 Å². The van der Waals surface area contributed by atoms with Crippen molar-refractivity contribution in [3.05, 3.63) is 52.1 Å². The maximum atomic E-state index is 12.5. The monoisotopic (exact) mass is 329 g/mol. The Morgan fingerprint density at radius 1 is 1.12 bits per heavy atom. The predicted octanol–water partition coefficient (Wildman–Crippen LogP) is 2.66. The number of nitrogens with zero attached hydrogens (tertiary/aromatic N) is 1. The number of nitro benzene ring substituents is 1. The highest BCUT2D eigenvalue weighted by molar-refractivity contribution is 6.08. The molecule has 8 nitrogen and oxygen atoms in total. The first-order valence-electron chi connectivity index (χ1n) is 7.25. The molecule has 24 heavy (non-hydrogen) atoms. The molecule has 0 saturated heterocycles. The van der Waals surface area contributed by atoms with Crippen LogP contribution in [0.1, 0.15) is 10.4 Å². The van der Waals surface area contributed by atoms with Crippen LogP contribution in [-0.4, -0.2) is 31.1 Å². The fourth-order valence-electron chi connectivity index (χ4n) is 2.37. The molecule has 0 atom stereocenters. The van der Waals surface area contributed by atoms with Crippen molar-refractivity contribution in [2.45, 2.75) is 0 Å². The molecule has 0 spiro atoms. The molecular weight excluding hydrogens is 314 g/mol. The lowest BCUT2D eigenvalue weighted by molar-refractivity contribution is -0.384. The molecular formula is C16H15N3O5. The molecule has 2 N–H and O–H groups in total. The van der Waals surface area contributed by atoms with Gasteiger partial charge < -0.3 is 20.1 Å². The Bertz CT molecular complexity index is 806. The summed E-state index contributed by atoms with van der Waals surface area (Å²) in [5.41, 5.74) is 1.04. The van der Waals surface area contributed by atoms with E-state index in [-0.39, 0.29) is 11.3 Å². The molecule has 0 aliphatic carbocycles. The summed E-state index contributed by atoms with van der Waals surface area (Å²) in [6, 6.07) is 9.11. The highest BCUT2D eigenvalue weighted by Crippen LogP contribution is 2.33. The maximum Gasteiger partial charge on any atom is 0.270 e. The van der Waals surface area contributed by atoms with Crippen LogP contribution in [0.4, 0.5) is 17.1 Å². The molecule has 1 aliphatic rings. The molecule has 0 bridgehead atoms. The summed E-state index contributed by atoms with van der Waals surface area (Å²) in [5.74, 6) is 0.706. The second-order valence-corrected chi connectivity index (χ2v) is 5.05. The Balaban J connectivity index is 1.87. The summed E-state index contributed by atoms with van der Waals surface area (Å²) in [5, 5.41) is 16.5. The molecule has 2 aromatic carbocycles. The number of non-ortho nitro benzene ring substituents is 1. The van der Waals surface area contributed by atoms with Crippen molar-refractivity contribution < 1.29 is 19.2 Å². The first-order chi connectivity index (χ1) is 11.6. The van der Waals surface area contributed by atoms with Gasteiger partial charge in [0.2, 0.25) is 0 Å². The van der Waals surface area contributed by atoms with E-state index in [1.54, 1.807) is 25.2 Å². The van der Waals surface area contributed by atoms with Gasteiger partial charge in [-0.2, -0.15) is 0 Å². The fraction of sp³-hybridized carbons (Fsp3) is 0.188. The zero-order valence-electron chi connectivity index (χ0n) is 12.9. The van der Waals surface area contributed by atoms with E-state index in [1.165, 1.54) is 18.2 Å². The number of hydrogen-bond donors (Lipinski definition) is 2. The van der Waals surface area contributed by atoms with E-state index in [9.17, 15) is 14.9 Å². The van der Waals surface area contributed by atoms with Gasteiger partial charge in [-0.25, -0.2) is 0 Å². The first kappa shape index (κ1) is 15.6. The molecule has 0 unspecified atom stereocenters. The van der Waals surface area contributed by atoms with E-state index in [4.69, 9.17) is 9.47 Å². The van der Waals surface area contributed by atoms with Crippen molar-refractivity contribution in [3.63, 3.8) is 0 Å². The van der Waals surface area contributed by atoms with Gasteiger partial charge in [-0.15, -0.1) is 0 Å². The first-order valence-corrected chi connectivity index (χ1v) is 7.25. The van der Waals surface area contributed by atoms with Crippen LogP contribution in [0.25, 0.3) is 0 Å². The van der Waals surface area contributed by atoms with E-state index in [0.717, 1.165) is 0 Å². The molecule has 1 heterocycles. The predicted molar refractivity (Wildman–Crippen MR) is 88.0 cm³/mol. The largest absolute Gasteiger partial charge is 0.486 e. The van der Waals surface area contributed by atoms with Crippen LogP contribution in [0.3, 0.4) is 0 Å². The van der Waals surface area contributed by atoms with Gasteiger partial charge in [-0.1, -0.05) is 0 Å². The van der Waals surface area contributed by atoms with Crippen molar-refractivity contribution in [1.29, 1.82) is 0 Å². The standard InChI is InChI=1S/C16H15N3O5/c1-17-13-4-3-11(19(21)22)9-12(13)16(20)18-10-2-5-14-15(8-10)24-7-6-23-14/h2-5,8-9,17H,6-7H2,1H3,(H,18,20). The van der Waals surface area contributed by atoms with Crippen LogP contribution in [0, 0.1) is 10.1 Å². The average Bonchev–Trinajstić information content (AvgIpc) is 2.60. The number of anilines is 2. The minimum atomic E-state index is -0.541. The van der Waals surface area contributed by atoms with Crippen molar-refractivity contribution in [2.75, 3.05) is 30.9 Å². The number of hydrogen-bond acceptors (Lipinski definition) is 6. The van der Waals surface area contributed by atoms with Gasteiger partial charge in [0.05, 0.1) is 10.5 Å². The van der Waals surface area contributed by atoms with E-state index in [2.05, 4.69) is 10.6 Å². The zero-order chi connectivity index (χ0) is 17.1. The van der Waals surface area contributed by atoms with Crippen LogP contribution in [0.5, 0.6) is 11.5 Å². The van der Waals surface area contributed by atoms with Crippen molar-refractivity contribution >= 4 is 23.0 Å². The number of nitrogens with one attached hydrogen (secondary N) is 2. The normalized spacial score (nSPS) is 12.4. The number of amides is 1. The third kappa shape index (κ3) is 3.07. The molecule has 1 amide bonds. The molecule has 8 heteroatoms. The lowest BCUT2D eigenvalue weighted by Gasteiger charge is -2.19. The van der Waals surface area contributed by atoms with Crippen LogP contribution in [0.2, 0.25) is 0 Å². The molecule has 0 aromatic heterocycles. The van der Waals surface area contributed by atoms with Gasteiger partial charge in [-0.3, -0.25) is 14.9 Å². The summed E-state index contributed by atoms with van der Waals surface area (Å²) >= 11 is 0. The van der Waals surface area contributed by atoms with Gasteiger partial charge in [0.1, 0.15) is 13.2 Å². The molecule has 124 valence electrons. The molecule has 1 aliphatic heterocycles. The topological polar surface area (TPSA) is 103 Å². The number of benzene rings is 2. The molecule has 3 rings (SSSR count). The summed E-state index contributed by atoms with van der Waals surface area (Å²) in [4.78, 5) is 22.9. The summed E-state index contributed by atoms with van der Waals surface area (Å²) in [6.07, 6.45) is 0. The highest BCUT2D eigenvalue weighted by atomic mass is 16.6. The van der Waals surface area contributed by atoms with Gasteiger partial charge in [0, 0.05) is 36.6 Å². The summed E-state index contributed by atoms with van der Waals surface area (Å²) < 4.78 is 10.9. The Kier molecular flexibility index (Phi) is 4.19. The lowest BCUT2D eigenvalue weighted by atomic mass is 10.1. The number of ether oxygens (including phenoxy) is 2. The summed E-state index contributed by atoms with van der Waals surface area (Å²) in [7, 11) is 1.64. The highest BCUT2D eigenvalue weighted by Gasteiger charge is 2.18. The van der Waals surface area contributed by atoms with Crippen molar-refractivity contribution in [2.24, 2.45) is 0 Å². The Morgan fingerprint density at radius 2 is 1.88 bits per heavy atom. The average molecular weight is 329 g/mol. The molecule has 0 radical (unpaired) electrons. The quantitative estimate of drug-likeness (QED) is 0.660. The van der Waals surface area contributed by atoms with Crippen LogP contribution in [0.15, 0.2) is 36.4 Å². The second kappa shape index (κ2) is 6.45. The Labute approximate surface area is 137 Å². The van der Waals surface area contributed by atoms with E-state index in [1.807, 2.05) is 0 Å². The third-order valence-electron chi connectivity index (χ3n) is 3.53. The zero-order valence-corrected chi connectivity index (χ0v) is 12.9. The maximum absolute atomic E-state index is 12.5. The molecule has 0 saturated carbocycles. The van der Waals surface area contributed by atoms with Crippen LogP contribution < -0.4 is 20.1 Å². The SMILES string of the molecule is CNc1ccc([N+](=O)[O-])cc1C(=O)Nc1ccc2c(c1)OCCO2. The van der Waals surface area contributed by atoms with Crippen LogP contribution in [-0.2, 0) is 0 Å². The summed E-state index contributed by atoms with van der Waals surface area (Å²) in [6.45, 7) is 0.928. The molecule has 2 aromatic rings. The minimum absolute atomic E-state index is 0.152. The lowest BCUT2D eigenvalue weighted by Crippen LogP contribution is -2.17. The number of fused-ring (bicyclic) bond motifs is 1. The van der Waals surface area contributed by atoms with Gasteiger partial charge in [0.15, 0.2) is 11.5 Å². The third-order valence-corrected chi connectivity index (χ3v) is 3.53. The number of rotatable bonds is 4. The van der Waals surface area contributed by atoms with Gasteiger partial charge in [0.25, 0.3) is 11.6 Å². The van der Waals surface area contributed by atoms with Crippen LogP contribution >= 0.6 is 0 Å². The number of carbonyl (C=O) groups is 1. The smallest absolute Gasteiger partial charge is 0.270 e. The van der Waals surface area contributed by atoms with E-state index >= 15 is 0 Å². The Hall–Kier alpha value is -3.29. The Morgan fingerprint density at radius 3 is 2.58 bits per heavy atom. The molecule has 0 fully saturated rings. The fourth-order valence-corrected chi connectivity index (χ4v) is 2.37. The number of nitro groups is 1. The minimum Gasteiger partial charge on any atom is -0.486 e.